The predicted octanol–water partition coefficient (Wildman–Crippen LogP) is 5.09. The number of carbonyl (C=O) groups excluding carboxylic acids is 1. The minimum atomic E-state index is -0.406. The lowest BCUT2D eigenvalue weighted by Gasteiger charge is -2.20. The van der Waals surface area contributed by atoms with Crippen molar-refractivity contribution in [2.24, 2.45) is 0 Å². The zero-order chi connectivity index (χ0) is 27.6. The molecule has 0 unspecified atom stereocenters. The highest BCUT2D eigenvalue weighted by Gasteiger charge is 2.15. The number of nitrogens with one attached hydrogen (secondary N) is 3. The number of pyridine rings is 1. The van der Waals surface area contributed by atoms with Crippen LogP contribution in [0.4, 0.5) is 17.2 Å². The fourth-order valence-corrected chi connectivity index (χ4v) is 3.90. The lowest BCUT2D eigenvalue weighted by atomic mass is 10.1. The van der Waals surface area contributed by atoms with Crippen LogP contribution in [0.1, 0.15) is 12.6 Å². The van der Waals surface area contributed by atoms with Crippen molar-refractivity contribution in [1.29, 1.82) is 0 Å². The number of nitrogens with zero attached hydrogens (tertiary/aromatic N) is 3. The number of methoxy groups -OCH3 is 1. The smallest absolute Gasteiger partial charge is 0.244 e. The molecule has 4 aromatic rings. The Morgan fingerprint density at radius 1 is 1.08 bits per heavy atom. The third kappa shape index (κ3) is 7.56. The second-order valence-electron chi connectivity index (χ2n) is 8.39. The normalized spacial score (nSPS) is 11.5. The van der Waals surface area contributed by atoms with E-state index in [1.807, 2.05) is 43.3 Å². The van der Waals surface area contributed by atoms with Gasteiger partial charge in [-0.15, -0.1) is 0 Å². The zero-order valence-electron chi connectivity index (χ0n) is 21.6. The number of ether oxygens (including phenoxy) is 3. The van der Waals surface area contributed by atoms with E-state index in [0.29, 0.717) is 59.1 Å². The predicted molar refractivity (Wildman–Crippen MR) is 152 cm³/mol. The Hall–Kier alpha value is -4.41. The summed E-state index contributed by atoms with van der Waals surface area (Å²) in [7, 11) is 1.60. The van der Waals surface area contributed by atoms with Gasteiger partial charge in [0.15, 0.2) is 0 Å². The first-order chi connectivity index (χ1) is 19.0. The van der Waals surface area contributed by atoms with Crippen LogP contribution in [0, 0.1) is 0 Å². The number of hydrogen-bond donors (Lipinski definition) is 3. The fourth-order valence-electron chi connectivity index (χ4n) is 3.66. The second kappa shape index (κ2) is 13.4. The van der Waals surface area contributed by atoms with Crippen molar-refractivity contribution in [1.82, 2.24) is 20.3 Å². The highest BCUT2D eigenvalue weighted by atomic mass is 35.5. The van der Waals surface area contributed by atoms with Gasteiger partial charge >= 0.3 is 0 Å². The molecule has 0 bridgehead atoms. The number of carbonyl (C=O) groups is 1. The van der Waals surface area contributed by atoms with Gasteiger partial charge in [-0.05, 0) is 49.4 Å². The van der Waals surface area contributed by atoms with E-state index in [1.165, 1.54) is 12.4 Å². The van der Waals surface area contributed by atoms with Gasteiger partial charge in [-0.3, -0.25) is 9.78 Å². The van der Waals surface area contributed by atoms with Crippen LogP contribution in [0.25, 0.3) is 10.9 Å². The molecule has 2 aromatic heterocycles. The van der Waals surface area contributed by atoms with E-state index in [9.17, 15) is 4.79 Å². The van der Waals surface area contributed by atoms with Crippen molar-refractivity contribution in [2.45, 2.75) is 19.7 Å². The molecule has 0 fully saturated rings. The third-order valence-electron chi connectivity index (χ3n) is 5.49. The summed E-state index contributed by atoms with van der Waals surface area (Å²) >= 11 is 6.50. The molecule has 2 aromatic carbocycles. The van der Waals surface area contributed by atoms with Gasteiger partial charge in [-0.25, -0.2) is 9.97 Å². The molecule has 11 heteroatoms. The summed E-state index contributed by atoms with van der Waals surface area (Å²) in [6, 6.07) is 14.7. The summed E-state index contributed by atoms with van der Waals surface area (Å²) in [5.41, 5.74) is 2.82. The molecule has 1 amide bonds. The zero-order valence-corrected chi connectivity index (χ0v) is 22.4. The van der Waals surface area contributed by atoms with E-state index < -0.39 is 6.17 Å². The molecule has 0 saturated heterocycles. The molecular weight excluding hydrogens is 520 g/mol. The average molecular weight is 549 g/mol. The number of benzene rings is 2. The van der Waals surface area contributed by atoms with Crippen LogP contribution in [-0.2, 0) is 16.1 Å². The van der Waals surface area contributed by atoms with Gasteiger partial charge in [0.1, 0.15) is 36.9 Å². The van der Waals surface area contributed by atoms with Gasteiger partial charge in [0.05, 0.1) is 34.7 Å². The molecule has 0 saturated carbocycles. The first kappa shape index (κ1) is 27.6. The van der Waals surface area contributed by atoms with Crippen LogP contribution < -0.4 is 25.4 Å². The molecule has 0 radical (unpaired) electrons. The third-order valence-corrected chi connectivity index (χ3v) is 5.79. The fraction of sp³-hybridized carbons (Fsp3) is 0.214. The largest absolute Gasteiger partial charge is 0.489 e. The van der Waals surface area contributed by atoms with Crippen molar-refractivity contribution in [3.63, 3.8) is 0 Å². The van der Waals surface area contributed by atoms with Crippen molar-refractivity contribution in [2.75, 3.05) is 31.0 Å². The standard InChI is InChI=1S/C28H29ClN6O4/c1-4-27(36)34-18(2)33-24-14-21-23(15-26(24)38-12-11-37-3)31-17-32-28(21)35-19-8-9-25(22(29)13-19)39-16-20-7-5-6-10-30-20/h4-10,13-15,17-18,33H,1,11-12,16H2,2-3H3,(H,34,36)(H,31,32,35)/t18-/m1/s1. The van der Waals surface area contributed by atoms with Crippen molar-refractivity contribution in [3.05, 3.63) is 84.4 Å². The van der Waals surface area contributed by atoms with Crippen LogP contribution in [0.5, 0.6) is 11.5 Å². The molecule has 1 atom stereocenters. The second-order valence-corrected chi connectivity index (χ2v) is 8.79. The van der Waals surface area contributed by atoms with Gasteiger partial charge in [-0.2, -0.15) is 0 Å². The first-order valence-corrected chi connectivity index (χ1v) is 12.5. The van der Waals surface area contributed by atoms with Gasteiger partial charge in [-0.1, -0.05) is 24.2 Å². The Kier molecular flexibility index (Phi) is 9.49. The van der Waals surface area contributed by atoms with Crippen LogP contribution >= 0.6 is 11.6 Å². The van der Waals surface area contributed by atoms with E-state index in [-0.39, 0.29) is 5.91 Å². The Morgan fingerprint density at radius 2 is 1.95 bits per heavy atom. The van der Waals surface area contributed by atoms with Crippen molar-refractivity contribution in [3.8, 4) is 11.5 Å². The summed E-state index contributed by atoms with van der Waals surface area (Å²) < 4.78 is 16.9. The Balaban J connectivity index is 1.58. The topological polar surface area (TPSA) is 120 Å². The molecule has 0 spiro atoms. The number of anilines is 3. The maximum Gasteiger partial charge on any atom is 0.244 e. The number of aromatic nitrogens is 3. The molecule has 0 aliphatic heterocycles. The summed E-state index contributed by atoms with van der Waals surface area (Å²) in [5.74, 6) is 1.36. The van der Waals surface area contributed by atoms with Gasteiger partial charge in [0.25, 0.3) is 0 Å². The van der Waals surface area contributed by atoms with E-state index in [4.69, 9.17) is 25.8 Å². The van der Waals surface area contributed by atoms with Crippen molar-refractivity contribution >= 4 is 45.6 Å². The molecule has 4 rings (SSSR count). The molecular formula is C28H29ClN6O4. The molecule has 3 N–H and O–H groups in total. The monoisotopic (exact) mass is 548 g/mol. The van der Waals surface area contributed by atoms with Crippen LogP contribution in [0.2, 0.25) is 5.02 Å². The number of hydrogen-bond acceptors (Lipinski definition) is 9. The van der Waals surface area contributed by atoms with Gasteiger partial charge < -0.3 is 30.2 Å². The maximum absolute atomic E-state index is 11.8. The minimum Gasteiger partial charge on any atom is -0.489 e. The average Bonchev–Trinajstić information content (AvgIpc) is 2.93. The molecule has 2 heterocycles. The summed E-state index contributed by atoms with van der Waals surface area (Å²) in [6.45, 7) is 6.37. The first-order valence-electron chi connectivity index (χ1n) is 12.2. The Labute approximate surface area is 231 Å². The molecule has 0 aliphatic rings. The number of fused-ring (bicyclic) bond motifs is 1. The maximum atomic E-state index is 11.8. The summed E-state index contributed by atoms with van der Waals surface area (Å²) in [5, 5.41) is 10.5. The lowest BCUT2D eigenvalue weighted by Crippen LogP contribution is -2.37. The van der Waals surface area contributed by atoms with E-state index in [0.717, 1.165) is 11.1 Å². The molecule has 39 heavy (non-hydrogen) atoms. The van der Waals surface area contributed by atoms with Crippen LogP contribution in [0.15, 0.2) is 73.7 Å². The summed E-state index contributed by atoms with van der Waals surface area (Å²) in [6.07, 6.45) is 3.99. The molecule has 202 valence electrons. The van der Waals surface area contributed by atoms with Gasteiger partial charge in [0.2, 0.25) is 5.91 Å². The van der Waals surface area contributed by atoms with E-state index in [2.05, 4.69) is 37.5 Å². The van der Waals surface area contributed by atoms with E-state index in [1.54, 1.807) is 25.4 Å². The van der Waals surface area contributed by atoms with Gasteiger partial charge in [0, 0.05) is 30.4 Å². The lowest BCUT2D eigenvalue weighted by molar-refractivity contribution is -0.116. The quantitative estimate of drug-likeness (QED) is 0.119. The Morgan fingerprint density at radius 3 is 2.69 bits per heavy atom. The van der Waals surface area contributed by atoms with E-state index >= 15 is 0 Å². The molecule has 0 aliphatic carbocycles. The highest BCUT2D eigenvalue weighted by Crippen LogP contribution is 2.35. The highest BCUT2D eigenvalue weighted by molar-refractivity contribution is 6.32. The van der Waals surface area contributed by atoms with Crippen LogP contribution in [-0.4, -0.2) is 47.3 Å². The SMILES string of the molecule is C=CC(=O)N[C@H](C)Nc1cc2c(Nc3ccc(OCc4ccccn4)c(Cl)c3)ncnc2cc1OCCOC. The molecule has 10 nitrogen and oxygen atoms in total. The van der Waals surface area contributed by atoms with Crippen molar-refractivity contribution < 1.29 is 19.0 Å². The number of halogens is 1. The summed E-state index contributed by atoms with van der Waals surface area (Å²) in [4.78, 5) is 24.9. The van der Waals surface area contributed by atoms with Crippen LogP contribution in [0.3, 0.4) is 0 Å². The number of rotatable bonds is 13. The number of amides is 1. The Bertz CT molecular complexity index is 1440. The minimum absolute atomic E-state index is 0.298.